The molecule has 46 nitrogen and oxygen atoms in total. The summed E-state index contributed by atoms with van der Waals surface area (Å²) in [5.41, 5.74) is 61.7. The number of rotatable bonds is 58. The number of aliphatic hydroxyl groups excluding tert-OH is 1. The van der Waals surface area contributed by atoms with E-state index in [1.54, 1.807) is 20.1 Å². The fourth-order valence-electron chi connectivity index (χ4n) is 11.7. The van der Waals surface area contributed by atoms with Crippen LogP contribution in [0.15, 0.2) is 44.2 Å². The molecule has 1 saturated heterocycles. The molecule has 0 aromatic heterocycles. The third-order valence-corrected chi connectivity index (χ3v) is 18.9. The highest BCUT2D eigenvalue weighted by molar-refractivity contribution is 7.98. The van der Waals surface area contributed by atoms with Gasteiger partial charge in [0.2, 0.25) is 82.7 Å². The van der Waals surface area contributed by atoms with Gasteiger partial charge in [0.15, 0.2) is 23.8 Å². The predicted octanol–water partition coefficient (Wildman–Crippen LogP) is -10.3. The number of carboxylic acids is 1. The molecule has 48 heteroatoms. The number of guanidine groups is 4. The third kappa shape index (κ3) is 41.5. The number of primary amides is 1. The van der Waals surface area contributed by atoms with Crippen LogP contribution in [0.5, 0.6) is 5.75 Å². The second-order valence-electron chi connectivity index (χ2n) is 28.0. The Balaban J connectivity index is 2.39. The highest BCUT2D eigenvalue weighted by Gasteiger charge is 2.41. The number of amides is 14. The molecule has 118 heavy (non-hydrogen) atoms. The Morgan fingerprint density at radius 3 is 1.36 bits per heavy atom. The van der Waals surface area contributed by atoms with E-state index in [2.05, 4.69) is 96.4 Å². The molecule has 1 aliphatic heterocycles. The number of phenolic OH excluding ortho intramolecular Hbond substituents is 1. The predicted molar refractivity (Wildman–Crippen MR) is 442 cm³/mol. The second kappa shape index (κ2) is 56.1. The van der Waals surface area contributed by atoms with Crippen LogP contribution in [0.3, 0.4) is 0 Å². The summed E-state index contributed by atoms with van der Waals surface area (Å²) in [5, 5.41) is 59.8. The van der Waals surface area contributed by atoms with Crippen molar-refractivity contribution in [3.8, 4) is 5.75 Å². The van der Waals surface area contributed by atoms with E-state index in [0.29, 0.717) is 24.8 Å². The zero-order valence-corrected chi connectivity index (χ0v) is 68.4. The summed E-state index contributed by atoms with van der Waals surface area (Å²) in [6.07, 6.45) is 2.05. The van der Waals surface area contributed by atoms with Gasteiger partial charge in [-0.25, -0.2) is 4.79 Å². The molecule has 1 aromatic carbocycles. The third-order valence-electron chi connectivity index (χ3n) is 17.8. The van der Waals surface area contributed by atoms with E-state index in [1.807, 2.05) is 0 Å². The fourth-order valence-corrected chi connectivity index (χ4v) is 12.4. The number of hydrogen-bond donors (Lipinski definition) is 27. The molecule has 0 spiro atoms. The molecule has 1 aliphatic rings. The number of aliphatic hydroxyl groups is 1. The first-order valence-electron chi connectivity index (χ1n) is 38.4. The Morgan fingerprint density at radius 2 is 0.915 bits per heavy atom. The van der Waals surface area contributed by atoms with Crippen molar-refractivity contribution in [2.75, 3.05) is 76.7 Å². The number of likely N-dealkylation sites (tertiary alicyclic amines) is 1. The number of phenols is 1. The maximum atomic E-state index is 14.9. The molecule has 0 saturated carbocycles. The molecule has 1 heterocycles. The van der Waals surface area contributed by atoms with E-state index < -0.39 is 181 Å². The molecule has 37 N–H and O–H groups in total. The summed E-state index contributed by atoms with van der Waals surface area (Å²) in [6, 6.07) is -11.5. The van der Waals surface area contributed by atoms with Crippen molar-refractivity contribution < 1.29 is 87.2 Å². The number of aromatic hydroxyl groups is 1. The van der Waals surface area contributed by atoms with E-state index in [4.69, 9.17) is 63.1 Å². The summed E-state index contributed by atoms with van der Waals surface area (Å²) < 4.78 is 0. The summed E-state index contributed by atoms with van der Waals surface area (Å²) in [4.78, 5) is 223. The van der Waals surface area contributed by atoms with Crippen molar-refractivity contribution in [3.05, 3.63) is 29.8 Å². The van der Waals surface area contributed by atoms with Crippen LogP contribution in [0, 0.1) is 5.92 Å². The number of nitrogens with zero attached hydrogens (tertiary/aromatic N) is 5. The van der Waals surface area contributed by atoms with Gasteiger partial charge < -0.3 is 147 Å². The van der Waals surface area contributed by atoms with Gasteiger partial charge in [-0.1, -0.05) is 26.0 Å². The van der Waals surface area contributed by atoms with Gasteiger partial charge in [0, 0.05) is 51.3 Å². The Kier molecular flexibility index (Phi) is 48.9. The minimum Gasteiger partial charge on any atom is -0.508 e. The maximum Gasteiger partial charge on any atom is 0.327 e. The van der Waals surface area contributed by atoms with Crippen LogP contribution in [-0.4, -0.2) is 282 Å². The summed E-state index contributed by atoms with van der Waals surface area (Å²) in [5.74, 6) is -15.3. The number of carbonyl (C=O) groups is 15. The van der Waals surface area contributed by atoms with Crippen LogP contribution >= 0.6 is 24.4 Å². The first kappa shape index (κ1) is 103. The lowest BCUT2D eigenvalue weighted by Gasteiger charge is -2.32. The first-order valence-corrected chi connectivity index (χ1v) is 40.4. The van der Waals surface area contributed by atoms with Crippen molar-refractivity contribution in [2.24, 2.45) is 89.0 Å². The summed E-state index contributed by atoms with van der Waals surface area (Å²) >= 11 is 5.27. The van der Waals surface area contributed by atoms with E-state index in [9.17, 15) is 87.2 Å². The number of aliphatic imine (C=N–C) groups is 4. The Bertz CT molecular complexity index is 3600. The molecule has 0 bridgehead atoms. The summed E-state index contributed by atoms with van der Waals surface area (Å²) in [6.45, 7) is 1.22. The fraction of sp³-hybridized carbons (Fsp3) is 0.643. The quantitative estimate of drug-likeness (QED) is 0.0125. The molecule has 1 aromatic rings. The first-order chi connectivity index (χ1) is 55.8. The van der Waals surface area contributed by atoms with Crippen molar-refractivity contribution in [2.45, 2.75) is 202 Å². The number of unbranched alkanes of at least 4 members (excludes halogenated alkanes) is 1. The van der Waals surface area contributed by atoms with Gasteiger partial charge in [-0.3, -0.25) is 87.1 Å². The van der Waals surface area contributed by atoms with Crippen LogP contribution < -0.4 is 127 Å². The van der Waals surface area contributed by atoms with Crippen LogP contribution in [-0.2, 0) is 78.3 Å². The zero-order valence-electron chi connectivity index (χ0n) is 66.7. The van der Waals surface area contributed by atoms with Crippen LogP contribution in [0.1, 0.15) is 129 Å². The number of carboxylic acid groups (broad SMARTS) is 1. The number of nitrogens with two attached hydrogens (primary N) is 11. The molecule has 1 fully saturated rings. The van der Waals surface area contributed by atoms with E-state index >= 15 is 0 Å². The molecule has 2 rings (SSSR count). The molecule has 14 amide bonds. The number of hydrogen-bond acceptors (Lipinski definition) is 25. The average Bonchev–Trinajstić information content (AvgIpc) is 1.63. The number of aliphatic carboxylic acids is 1. The number of thiol groups is 1. The Labute approximate surface area is 693 Å². The molecule has 0 unspecified atom stereocenters. The molecule has 0 radical (unpaired) electrons. The smallest absolute Gasteiger partial charge is 0.327 e. The topological polar surface area (TPSA) is 800 Å². The molecular formula is C70H122N28O18S2. The van der Waals surface area contributed by atoms with Gasteiger partial charge >= 0.3 is 5.97 Å². The molecule has 12 atom stereocenters. The minimum absolute atomic E-state index is 0.000596. The van der Waals surface area contributed by atoms with Crippen molar-refractivity contribution in [1.82, 2.24) is 68.7 Å². The lowest BCUT2D eigenvalue weighted by atomic mass is 10.0. The minimum atomic E-state index is -1.78. The Hall–Kier alpha value is -11.3. The van der Waals surface area contributed by atoms with Crippen molar-refractivity contribution in [1.29, 1.82) is 0 Å². The highest BCUT2D eigenvalue weighted by Crippen LogP contribution is 2.22. The molecule has 662 valence electrons. The van der Waals surface area contributed by atoms with Crippen molar-refractivity contribution >= 4 is 137 Å². The molecule has 0 aliphatic carbocycles. The SMILES string of the molecule is CSCC[C@H](NC(=O)[C@H](CCCN=C(N)N)NC(=O)[C@H](CCCCN)NC(=O)[C@@H]1CCCN1C(=O)[C@H](CC(C)C)NC(=O)[C@H](CCCN=C(N)N)NC(=O)[C@H](CCC(N)=O)NC(=O)[C@@H](N)CCCN=C(N)N)C(=O)NCC(=O)NCC(=O)N[C@@H](CO)C(=O)N[C@@H](Cc1ccc(O)cc1)C(=O)N[C@@H](CCCN=C(N)N)C(=O)N[C@@H](CS)C(=O)O. The summed E-state index contributed by atoms with van der Waals surface area (Å²) in [7, 11) is 0. The average molecular weight is 1710 g/mol. The monoisotopic (exact) mass is 1710 g/mol. The molecular weight excluding hydrogens is 1590 g/mol. The number of carbonyl (C=O) groups excluding carboxylic acids is 14. The zero-order chi connectivity index (χ0) is 88.6. The lowest BCUT2D eigenvalue weighted by molar-refractivity contribution is -0.143. The number of thioether (sulfide) groups is 1. The Morgan fingerprint density at radius 1 is 0.500 bits per heavy atom. The van der Waals surface area contributed by atoms with E-state index in [-0.39, 0.29) is 183 Å². The van der Waals surface area contributed by atoms with Gasteiger partial charge in [0.25, 0.3) is 0 Å². The lowest BCUT2D eigenvalue weighted by Crippen LogP contribution is -2.60. The maximum absolute atomic E-state index is 14.9. The normalized spacial score (nSPS) is 15.0. The van der Waals surface area contributed by atoms with Gasteiger partial charge in [-0.2, -0.15) is 24.4 Å². The second-order valence-corrected chi connectivity index (χ2v) is 29.4. The van der Waals surface area contributed by atoms with E-state index in [1.165, 1.54) is 40.9 Å². The van der Waals surface area contributed by atoms with Gasteiger partial charge in [-0.15, -0.1) is 0 Å². The number of nitrogens with one attached hydrogen (secondary N) is 12. The van der Waals surface area contributed by atoms with Crippen LogP contribution in [0.2, 0.25) is 0 Å². The van der Waals surface area contributed by atoms with Gasteiger partial charge in [0.05, 0.1) is 25.7 Å². The number of benzene rings is 1. The standard InChI is InChI=1S/C70H122N28O18S2/c1-37(2)31-48(96-59(108)43(14-8-27-84-69(78)79)91-61(110)45(21-22-52(73)101)89-55(104)40(72)11-6-25-82-67(74)75)65(114)98-29-10-16-51(98)64(113)94-41(12-4-5-24-71)57(106)90-42(13-7-26-83-68(76)77)58(107)93-46(23-30-118-3)56(105)87-33-53(102)86-34-54(103)88-49(35-99)63(112)95-47(32-38-17-19-39(100)20-18-38)62(111)92-44(15-9-28-85-70(80)81)60(109)97-50(36-117)66(115)116/h17-20,37,40-51,99-100,117H,4-16,21-36,71-72H2,1-3H3,(H2,73,101)(H,86,102)(H,87,105)(H,88,103)(H,89,104)(H,90,106)(H,91,110)(H,92,111)(H,93,107)(H,94,113)(H,95,112)(H,96,108)(H,97,109)(H,115,116)(H4,74,75,82)(H4,76,77,83)(H4,78,79,84)(H4,80,81,85)/t40-,41-,42-,43-,44-,45-,46-,47-,48-,49-,50-,51-/m0/s1. The van der Waals surface area contributed by atoms with E-state index in [0.717, 1.165) is 0 Å². The van der Waals surface area contributed by atoms with Crippen LogP contribution in [0.4, 0.5) is 0 Å². The largest absolute Gasteiger partial charge is 0.508 e. The van der Waals surface area contributed by atoms with Crippen molar-refractivity contribution in [3.63, 3.8) is 0 Å². The highest BCUT2D eigenvalue weighted by atomic mass is 32.2. The van der Waals surface area contributed by atoms with Crippen LogP contribution in [0.25, 0.3) is 0 Å². The van der Waals surface area contributed by atoms with Gasteiger partial charge in [-0.05, 0) is 145 Å². The van der Waals surface area contributed by atoms with Gasteiger partial charge in [0.1, 0.15) is 72.2 Å².